The van der Waals surface area contributed by atoms with Gasteiger partial charge < -0.3 is 9.47 Å². The lowest BCUT2D eigenvalue weighted by atomic mass is 10.1. The van der Waals surface area contributed by atoms with Crippen molar-refractivity contribution in [2.45, 2.75) is 27.4 Å². The van der Waals surface area contributed by atoms with E-state index < -0.39 is 0 Å². The van der Waals surface area contributed by atoms with Gasteiger partial charge in [-0.15, -0.1) is 0 Å². The van der Waals surface area contributed by atoms with Gasteiger partial charge in [-0.3, -0.25) is 9.47 Å². The summed E-state index contributed by atoms with van der Waals surface area (Å²) in [6.07, 6.45) is 1.83. The SMILES string of the molecule is CCOc1cc(/C=C2/SC(=S)N(n3c(C)ccc3C)C2=O)cc(I)c1OCc1ccc(Cl)cc1Cl. The molecule has 3 aromatic rings. The molecule has 1 fully saturated rings. The zero-order valence-electron chi connectivity index (χ0n) is 19.1. The van der Waals surface area contributed by atoms with Gasteiger partial charge in [0.15, 0.2) is 15.8 Å². The number of aryl methyl sites for hydroxylation is 2. The predicted molar refractivity (Wildman–Crippen MR) is 156 cm³/mol. The van der Waals surface area contributed by atoms with Crippen LogP contribution in [0.1, 0.15) is 29.4 Å². The third-order valence-electron chi connectivity index (χ3n) is 5.22. The van der Waals surface area contributed by atoms with E-state index in [0.717, 1.165) is 26.1 Å². The summed E-state index contributed by atoms with van der Waals surface area (Å²) in [6.45, 7) is 6.53. The van der Waals surface area contributed by atoms with E-state index in [1.807, 2.05) is 61.9 Å². The van der Waals surface area contributed by atoms with Crippen molar-refractivity contribution in [3.63, 3.8) is 0 Å². The van der Waals surface area contributed by atoms with Crippen LogP contribution in [0.3, 0.4) is 0 Å². The van der Waals surface area contributed by atoms with Crippen molar-refractivity contribution in [2.75, 3.05) is 11.6 Å². The van der Waals surface area contributed by atoms with E-state index in [1.54, 1.807) is 12.1 Å². The molecule has 2 heterocycles. The number of thioether (sulfide) groups is 1. The fourth-order valence-corrected chi connectivity index (χ4v) is 6.11. The normalized spacial score (nSPS) is 14.8. The molecule has 0 saturated carbocycles. The Morgan fingerprint density at radius 3 is 2.46 bits per heavy atom. The maximum Gasteiger partial charge on any atom is 0.285 e. The molecule has 0 aliphatic carbocycles. The molecule has 1 amide bonds. The van der Waals surface area contributed by atoms with Gasteiger partial charge in [-0.05, 0) is 104 Å². The van der Waals surface area contributed by atoms with Crippen LogP contribution >= 0.6 is 69.8 Å². The molecule has 1 saturated heterocycles. The molecule has 0 spiro atoms. The fraction of sp³-hybridized carbons (Fsp3) is 0.200. The van der Waals surface area contributed by atoms with Crippen LogP contribution in [0.5, 0.6) is 11.5 Å². The van der Waals surface area contributed by atoms with Crippen molar-refractivity contribution < 1.29 is 14.3 Å². The number of hydrogen-bond acceptors (Lipinski definition) is 5. The predicted octanol–water partition coefficient (Wildman–Crippen LogP) is 7.53. The highest BCUT2D eigenvalue weighted by Crippen LogP contribution is 2.38. The summed E-state index contributed by atoms with van der Waals surface area (Å²) in [5.41, 5.74) is 3.51. The van der Waals surface area contributed by atoms with Gasteiger partial charge in [0, 0.05) is 27.0 Å². The standard InChI is InChI=1S/C25H21Cl2IN2O3S2/c1-4-32-21-10-16(9-20(28)23(21)33-13-17-7-8-18(26)12-19(17)27)11-22-24(31)30(25(34)35-22)29-14(2)5-6-15(29)3/h5-12H,4,13H2,1-3H3/b22-11+. The summed E-state index contributed by atoms with van der Waals surface area (Å²) < 4.78 is 15.1. The maximum atomic E-state index is 13.2. The minimum Gasteiger partial charge on any atom is -0.490 e. The molecule has 10 heteroatoms. The number of benzene rings is 2. The lowest BCUT2D eigenvalue weighted by molar-refractivity contribution is -0.114. The monoisotopic (exact) mass is 658 g/mol. The molecule has 0 radical (unpaired) electrons. The highest BCUT2D eigenvalue weighted by atomic mass is 127. The summed E-state index contributed by atoms with van der Waals surface area (Å²) in [4.78, 5) is 13.8. The smallest absolute Gasteiger partial charge is 0.285 e. The number of carbonyl (C=O) groups is 1. The van der Waals surface area contributed by atoms with Crippen LogP contribution in [0, 0.1) is 17.4 Å². The maximum absolute atomic E-state index is 13.2. The van der Waals surface area contributed by atoms with Crippen LogP contribution in [-0.2, 0) is 11.4 Å². The number of rotatable bonds is 7. The van der Waals surface area contributed by atoms with Gasteiger partial charge in [0.05, 0.1) is 15.1 Å². The van der Waals surface area contributed by atoms with Crippen LogP contribution in [0.25, 0.3) is 6.08 Å². The molecule has 182 valence electrons. The van der Waals surface area contributed by atoms with Gasteiger partial charge >= 0.3 is 0 Å². The number of amides is 1. The van der Waals surface area contributed by atoms with Crippen LogP contribution in [0.4, 0.5) is 0 Å². The Morgan fingerprint density at radius 2 is 1.80 bits per heavy atom. The van der Waals surface area contributed by atoms with E-state index in [1.165, 1.54) is 16.8 Å². The molecule has 1 aliphatic heterocycles. The van der Waals surface area contributed by atoms with Gasteiger partial charge in [-0.1, -0.05) is 41.0 Å². The number of halogens is 3. The second-order valence-corrected chi connectivity index (χ2v) is 11.4. The van der Waals surface area contributed by atoms with Gasteiger partial charge in [-0.2, -0.15) is 5.01 Å². The Balaban J connectivity index is 1.62. The lowest BCUT2D eigenvalue weighted by Crippen LogP contribution is -2.39. The molecule has 1 aromatic heterocycles. The van der Waals surface area contributed by atoms with Crippen molar-refractivity contribution >= 4 is 86.1 Å². The molecule has 35 heavy (non-hydrogen) atoms. The molecular weight excluding hydrogens is 638 g/mol. The average Bonchev–Trinajstić information content (AvgIpc) is 3.25. The van der Waals surface area contributed by atoms with Crippen LogP contribution in [0.2, 0.25) is 10.0 Å². The number of carbonyl (C=O) groups excluding carboxylic acids is 1. The van der Waals surface area contributed by atoms with E-state index in [4.69, 9.17) is 44.9 Å². The molecule has 0 N–H and O–H groups in total. The first-order valence-corrected chi connectivity index (χ1v) is 13.7. The number of thiocarbonyl (C=S) groups is 1. The first-order valence-electron chi connectivity index (χ1n) is 10.7. The Labute approximate surface area is 237 Å². The number of aromatic nitrogens is 1. The topological polar surface area (TPSA) is 43.7 Å². The average molecular weight is 659 g/mol. The van der Waals surface area contributed by atoms with E-state index in [2.05, 4.69) is 22.6 Å². The lowest BCUT2D eigenvalue weighted by Gasteiger charge is -2.20. The summed E-state index contributed by atoms with van der Waals surface area (Å²) in [5, 5.41) is 2.65. The van der Waals surface area contributed by atoms with E-state index in [-0.39, 0.29) is 12.5 Å². The van der Waals surface area contributed by atoms with Crippen molar-refractivity contribution in [3.05, 3.63) is 83.5 Å². The zero-order chi connectivity index (χ0) is 25.3. The molecule has 4 rings (SSSR count). The summed E-state index contributed by atoms with van der Waals surface area (Å²) in [7, 11) is 0. The van der Waals surface area contributed by atoms with Crippen molar-refractivity contribution in [3.8, 4) is 11.5 Å². The minimum atomic E-state index is -0.159. The number of ether oxygens (including phenoxy) is 2. The quantitative estimate of drug-likeness (QED) is 0.149. The number of hydrogen-bond donors (Lipinski definition) is 0. The molecule has 0 bridgehead atoms. The van der Waals surface area contributed by atoms with E-state index in [9.17, 15) is 4.79 Å². The molecule has 2 aromatic carbocycles. The van der Waals surface area contributed by atoms with Gasteiger partial charge in [-0.25, -0.2) is 0 Å². The summed E-state index contributed by atoms with van der Waals surface area (Å²) in [5.74, 6) is 1.04. The Bertz CT molecular complexity index is 1340. The highest BCUT2D eigenvalue weighted by Gasteiger charge is 2.34. The Hall–Kier alpha value is -1.72. The van der Waals surface area contributed by atoms with Crippen LogP contribution < -0.4 is 14.5 Å². The second kappa shape index (κ2) is 11.1. The first kappa shape index (κ1) is 26.3. The molecule has 5 nitrogen and oxygen atoms in total. The Kier molecular flexibility index (Phi) is 8.38. The second-order valence-electron chi connectivity index (χ2n) is 7.71. The fourth-order valence-electron chi connectivity index (χ4n) is 3.62. The number of nitrogens with zero attached hydrogens (tertiary/aromatic N) is 2. The Morgan fingerprint density at radius 1 is 1.09 bits per heavy atom. The minimum absolute atomic E-state index is 0.159. The van der Waals surface area contributed by atoms with Gasteiger partial charge in [0.2, 0.25) is 0 Å². The van der Waals surface area contributed by atoms with Gasteiger partial charge in [0.25, 0.3) is 5.91 Å². The van der Waals surface area contributed by atoms with Crippen LogP contribution in [-0.4, -0.2) is 21.5 Å². The largest absolute Gasteiger partial charge is 0.490 e. The van der Waals surface area contributed by atoms with Crippen molar-refractivity contribution in [1.29, 1.82) is 0 Å². The van der Waals surface area contributed by atoms with Gasteiger partial charge in [0.1, 0.15) is 6.61 Å². The van der Waals surface area contributed by atoms with Crippen molar-refractivity contribution in [2.24, 2.45) is 0 Å². The summed E-state index contributed by atoms with van der Waals surface area (Å²) >= 11 is 21.3. The molecular formula is C25H21Cl2IN2O3S2. The van der Waals surface area contributed by atoms with Crippen molar-refractivity contribution in [1.82, 2.24) is 4.68 Å². The molecule has 0 atom stereocenters. The van der Waals surface area contributed by atoms with E-state index in [0.29, 0.717) is 37.4 Å². The third kappa shape index (κ3) is 5.67. The van der Waals surface area contributed by atoms with Crippen LogP contribution in [0.15, 0.2) is 47.4 Å². The molecule has 1 aliphatic rings. The first-order chi connectivity index (χ1) is 16.7. The third-order valence-corrected chi connectivity index (χ3v) is 7.89. The summed E-state index contributed by atoms with van der Waals surface area (Å²) in [6, 6.07) is 13.0. The zero-order valence-corrected chi connectivity index (χ0v) is 24.4. The van der Waals surface area contributed by atoms with E-state index >= 15 is 0 Å². The molecule has 0 unspecified atom stereocenters. The highest BCUT2D eigenvalue weighted by molar-refractivity contribution is 14.1.